The number of H-pyrrole nitrogens is 1. The van der Waals surface area contributed by atoms with Gasteiger partial charge in [-0.15, -0.1) is 0 Å². The third-order valence-electron chi connectivity index (χ3n) is 9.86. The van der Waals surface area contributed by atoms with Gasteiger partial charge in [0.2, 0.25) is 0 Å². The number of aromatic nitrogens is 4. The van der Waals surface area contributed by atoms with Crippen LogP contribution < -0.4 is 4.98 Å². The van der Waals surface area contributed by atoms with E-state index in [1.54, 1.807) is 0 Å². The van der Waals surface area contributed by atoms with Crippen molar-refractivity contribution in [2.24, 2.45) is 0 Å². The molecule has 0 atom stereocenters. The number of hydrogen-bond donors (Lipinski definition) is 0. The van der Waals surface area contributed by atoms with Crippen LogP contribution in [0.1, 0.15) is 0 Å². The summed E-state index contributed by atoms with van der Waals surface area (Å²) in [5.74, 6) is 2.21. The van der Waals surface area contributed by atoms with Gasteiger partial charge in [0, 0.05) is 33.5 Å². The number of furan rings is 1. The molecule has 10 rings (SSSR count). The quantitative estimate of drug-likeness (QED) is 0.175. The molecule has 3 heterocycles. The molecule has 0 aliphatic heterocycles. The molecule has 5 heteroatoms. The molecule has 53 heavy (non-hydrogen) atoms. The lowest BCUT2D eigenvalue weighted by Crippen LogP contribution is -2.16. The highest BCUT2D eigenvalue weighted by Crippen LogP contribution is 2.37. The fourth-order valence-corrected chi connectivity index (χ4v) is 7.10. The molecule has 10 aromatic rings. The van der Waals surface area contributed by atoms with Crippen LogP contribution >= 0.6 is 0 Å². The van der Waals surface area contributed by atoms with Gasteiger partial charge in [0.1, 0.15) is 11.2 Å². The van der Waals surface area contributed by atoms with E-state index in [4.69, 9.17) is 19.4 Å². The Hall–Kier alpha value is -7.24. The largest absolute Gasteiger partial charge is 0.455 e. The third-order valence-corrected chi connectivity index (χ3v) is 9.86. The van der Waals surface area contributed by atoms with E-state index in [9.17, 15) is 0 Å². The molecular weight excluding hydrogens is 649 g/mol. The van der Waals surface area contributed by atoms with Gasteiger partial charge in [-0.2, -0.15) is 0 Å². The predicted molar refractivity (Wildman–Crippen MR) is 214 cm³/mol. The van der Waals surface area contributed by atoms with Crippen LogP contribution in [0, 0.1) is 0 Å². The van der Waals surface area contributed by atoms with Crippen LogP contribution in [0.5, 0.6) is 0 Å². The summed E-state index contributed by atoms with van der Waals surface area (Å²) >= 11 is 0. The molecule has 0 aliphatic rings. The lowest BCUT2D eigenvalue weighted by Gasteiger charge is -2.08. The van der Waals surface area contributed by atoms with Crippen LogP contribution in [-0.2, 0) is 0 Å². The second-order valence-electron chi connectivity index (χ2n) is 13.2. The van der Waals surface area contributed by atoms with Crippen LogP contribution in [0.3, 0.4) is 0 Å². The van der Waals surface area contributed by atoms with Gasteiger partial charge >= 0.3 is 5.82 Å². The standard InChI is InChI=1S/C48H30N4O/c1-3-10-34(11-4-1)46-50-47(35-12-5-2-6-13-35)52-48(51-46)36-24-20-31(21-25-36)37-26-27-43-38(28-37)29-39(30-49-43)32-18-22-33(23-19-32)40-15-9-16-42-41-14-7-8-17-44(41)53-45(40)42/h1-30H/p+1. The van der Waals surface area contributed by atoms with Crippen LogP contribution in [0.4, 0.5) is 0 Å². The van der Waals surface area contributed by atoms with Gasteiger partial charge in [-0.25, -0.2) is 4.98 Å². The average molecular weight is 680 g/mol. The number of rotatable bonds is 6. The number of pyridine rings is 1. The normalized spacial score (nSPS) is 11.4. The SMILES string of the molecule is c1ccc(-c2nc(-c3ccc(-c4ccc5ncc(-c6ccc(-c7cccc8c7oc7ccccc78)cc6)cc5c4)cc3)nc(-c3ccccc3)[nH+]2)cc1. The van der Waals surface area contributed by atoms with Crippen LogP contribution in [0.2, 0.25) is 0 Å². The zero-order valence-corrected chi connectivity index (χ0v) is 28.6. The highest BCUT2D eigenvalue weighted by molar-refractivity contribution is 6.09. The summed E-state index contributed by atoms with van der Waals surface area (Å²) in [5, 5.41) is 3.35. The van der Waals surface area contributed by atoms with E-state index in [-0.39, 0.29) is 0 Å². The molecule has 0 radical (unpaired) electrons. The molecule has 7 aromatic carbocycles. The summed E-state index contributed by atoms with van der Waals surface area (Å²) in [7, 11) is 0. The second kappa shape index (κ2) is 12.8. The Balaban J connectivity index is 0.951. The molecule has 248 valence electrons. The van der Waals surface area contributed by atoms with Crippen LogP contribution in [0.25, 0.3) is 100 Å². The smallest absolute Gasteiger partial charge is 0.308 e. The molecule has 0 unspecified atom stereocenters. The van der Waals surface area contributed by atoms with Crippen molar-refractivity contribution in [2.75, 3.05) is 0 Å². The molecule has 5 nitrogen and oxygen atoms in total. The molecule has 0 spiro atoms. The molecule has 0 aliphatic carbocycles. The topological polar surface area (TPSA) is 66.0 Å². The summed E-state index contributed by atoms with van der Waals surface area (Å²) in [5.41, 5.74) is 12.3. The second-order valence-corrected chi connectivity index (χ2v) is 13.2. The lowest BCUT2D eigenvalue weighted by atomic mass is 9.98. The number of hydrogen-bond acceptors (Lipinski definition) is 4. The number of para-hydroxylation sites is 2. The van der Waals surface area contributed by atoms with Crippen molar-refractivity contribution in [3.63, 3.8) is 0 Å². The lowest BCUT2D eigenvalue weighted by molar-refractivity contribution is -0.359. The Morgan fingerprint density at radius 3 is 1.70 bits per heavy atom. The first-order valence-corrected chi connectivity index (χ1v) is 17.7. The van der Waals surface area contributed by atoms with Crippen molar-refractivity contribution < 1.29 is 9.40 Å². The molecule has 0 bridgehead atoms. The van der Waals surface area contributed by atoms with Gasteiger partial charge < -0.3 is 4.42 Å². The van der Waals surface area contributed by atoms with E-state index in [2.05, 4.69) is 132 Å². The van der Waals surface area contributed by atoms with E-state index in [1.165, 1.54) is 0 Å². The first-order valence-electron chi connectivity index (χ1n) is 17.7. The highest BCUT2D eigenvalue weighted by atomic mass is 16.3. The van der Waals surface area contributed by atoms with Gasteiger partial charge in [-0.1, -0.05) is 125 Å². The first-order chi connectivity index (χ1) is 26.2. The van der Waals surface area contributed by atoms with Crippen molar-refractivity contribution in [3.05, 3.63) is 182 Å². The van der Waals surface area contributed by atoms with Crippen LogP contribution in [-0.4, -0.2) is 15.0 Å². The summed E-state index contributed by atoms with van der Waals surface area (Å²) in [6.45, 7) is 0. The fourth-order valence-electron chi connectivity index (χ4n) is 7.10. The van der Waals surface area contributed by atoms with E-state index < -0.39 is 0 Å². The molecule has 0 amide bonds. The highest BCUT2D eigenvalue weighted by Gasteiger charge is 2.20. The van der Waals surface area contributed by atoms with Crippen molar-refractivity contribution in [2.45, 2.75) is 0 Å². The van der Waals surface area contributed by atoms with Crippen molar-refractivity contribution in [1.29, 1.82) is 0 Å². The predicted octanol–water partition coefficient (Wildman–Crippen LogP) is 11.7. The summed E-state index contributed by atoms with van der Waals surface area (Å²) < 4.78 is 6.30. The average Bonchev–Trinajstić information content (AvgIpc) is 3.63. The number of fused-ring (bicyclic) bond motifs is 4. The Kier molecular flexibility index (Phi) is 7.40. The Morgan fingerprint density at radius 1 is 0.415 bits per heavy atom. The van der Waals surface area contributed by atoms with Crippen molar-refractivity contribution >= 4 is 32.8 Å². The Bertz CT molecular complexity index is 2860. The molecule has 0 saturated heterocycles. The van der Waals surface area contributed by atoms with E-state index in [1.807, 2.05) is 54.7 Å². The minimum atomic E-state index is 0.667. The minimum Gasteiger partial charge on any atom is -0.455 e. The third kappa shape index (κ3) is 5.71. The molecule has 0 fully saturated rings. The molecule has 0 saturated carbocycles. The van der Waals surface area contributed by atoms with Crippen LogP contribution in [0.15, 0.2) is 187 Å². The Morgan fingerprint density at radius 2 is 0.981 bits per heavy atom. The Labute approximate surface area is 305 Å². The number of benzene rings is 7. The maximum atomic E-state index is 6.30. The first kappa shape index (κ1) is 30.6. The zero-order valence-electron chi connectivity index (χ0n) is 28.6. The minimum absolute atomic E-state index is 0.667. The van der Waals surface area contributed by atoms with Gasteiger partial charge in [-0.05, 0) is 82.9 Å². The molecule has 1 N–H and O–H groups in total. The summed E-state index contributed by atoms with van der Waals surface area (Å²) in [4.78, 5) is 18.2. The fraction of sp³-hybridized carbons (Fsp3) is 0. The number of aromatic amines is 1. The number of nitrogens with zero attached hydrogens (tertiary/aromatic N) is 3. The molecular formula is C48H31N4O+. The van der Waals surface area contributed by atoms with Gasteiger partial charge in [0.15, 0.2) is 0 Å². The maximum Gasteiger partial charge on any atom is 0.308 e. The van der Waals surface area contributed by atoms with E-state index in [0.29, 0.717) is 5.82 Å². The van der Waals surface area contributed by atoms with Crippen molar-refractivity contribution in [1.82, 2.24) is 15.0 Å². The maximum absolute atomic E-state index is 6.30. The van der Waals surface area contributed by atoms with Crippen molar-refractivity contribution in [3.8, 4) is 67.5 Å². The summed E-state index contributed by atoms with van der Waals surface area (Å²) in [6, 6.07) is 60.7. The molecule has 3 aromatic heterocycles. The van der Waals surface area contributed by atoms with Gasteiger partial charge in [-0.3, -0.25) is 4.98 Å². The zero-order chi connectivity index (χ0) is 35.1. The van der Waals surface area contributed by atoms with Gasteiger partial charge in [0.25, 0.3) is 11.6 Å². The summed E-state index contributed by atoms with van der Waals surface area (Å²) in [6.07, 6.45) is 1.95. The van der Waals surface area contributed by atoms with E-state index >= 15 is 0 Å². The van der Waals surface area contributed by atoms with E-state index in [0.717, 1.165) is 94.6 Å². The van der Waals surface area contributed by atoms with Gasteiger partial charge in [0.05, 0.1) is 22.2 Å². The number of nitrogens with one attached hydrogen (secondary N) is 1. The monoisotopic (exact) mass is 679 g/mol.